The highest BCUT2D eigenvalue weighted by Crippen LogP contribution is 2.30. The van der Waals surface area contributed by atoms with Gasteiger partial charge in [-0.2, -0.15) is 5.26 Å². The SMILES string of the molecule is CCNCc1ccc(N2CCC(C(C)C)C2)c(C#N)c1. The Morgan fingerprint density at radius 3 is 2.85 bits per heavy atom. The van der Waals surface area contributed by atoms with Crippen LogP contribution in [0.5, 0.6) is 0 Å². The number of nitrogens with one attached hydrogen (secondary N) is 1. The molecule has 1 heterocycles. The highest BCUT2D eigenvalue weighted by molar-refractivity contribution is 5.61. The largest absolute Gasteiger partial charge is 0.370 e. The minimum atomic E-state index is 0.721. The average molecular weight is 271 g/mol. The van der Waals surface area contributed by atoms with Crippen LogP contribution < -0.4 is 10.2 Å². The molecule has 1 atom stereocenters. The first-order chi connectivity index (χ1) is 9.65. The molecule has 108 valence electrons. The second kappa shape index (κ2) is 6.76. The molecule has 1 saturated heterocycles. The van der Waals surface area contributed by atoms with E-state index in [1.807, 2.05) is 6.07 Å². The fourth-order valence-electron chi connectivity index (χ4n) is 2.88. The third-order valence-corrected chi connectivity index (χ3v) is 4.27. The van der Waals surface area contributed by atoms with Crippen molar-refractivity contribution in [2.75, 3.05) is 24.5 Å². The van der Waals surface area contributed by atoms with E-state index in [-0.39, 0.29) is 0 Å². The molecule has 0 saturated carbocycles. The van der Waals surface area contributed by atoms with Crippen molar-refractivity contribution >= 4 is 5.69 Å². The summed E-state index contributed by atoms with van der Waals surface area (Å²) in [6.07, 6.45) is 1.24. The topological polar surface area (TPSA) is 39.1 Å². The van der Waals surface area contributed by atoms with E-state index in [9.17, 15) is 5.26 Å². The van der Waals surface area contributed by atoms with Gasteiger partial charge in [-0.25, -0.2) is 0 Å². The van der Waals surface area contributed by atoms with E-state index in [0.717, 1.165) is 49.3 Å². The Morgan fingerprint density at radius 1 is 1.45 bits per heavy atom. The molecule has 0 spiro atoms. The molecule has 1 fully saturated rings. The zero-order valence-electron chi connectivity index (χ0n) is 12.8. The Labute approximate surface area is 122 Å². The van der Waals surface area contributed by atoms with Gasteiger partial charge in [-0.3, -0.25) is 0 Å². The zero-order chi connectivity index (χ0) is 14.5. The monoisotopic (exact) mass is 271 g/mol. The first kappa shape index (κ1) is 14.9. The van der Waals surface area contributed by atoms with Crippen molar-refractivity contribution in [2.45, 2.75) is 33.7 Å². The summed E-state index contributed by atoms with van der Waals surface area (Å²) < 4.78 is 0. The lowest BCUT2D eigenvalue weighted by atomic mass is 9.95. The van der Waals surface area contributed by atoms with E-state index in [1.54, 1.807) is 0 Å². The van der Waals surface area contributed by atoms with Crippen molar-refractivity contribution in [3.63, 3.8) is 0 Å². The number of anilines is 1. The second-order valence-electron chi connectivity index (χ2n) is 5.98. The Hall–Kier alpha value is -1.53. The Bertz CT molecular complexity index is 487. The minimum Gasteiger partial charge on any atom is -0.370 e. The predicted molar refractivity (Wildman–Crippen MR) is 83.7 cm³/mol. The van der Waals surface area contributed by atoms with Gasteiger partial charge in [-0.15, -0.1) is 0 Å². The summed E-state index contributed by atoms with van der Waals surface area (Å²) in [6, 6.07) is 8.65. The standard InChI is InChI=1S/C17H25N3/c1-4-19-11-14-5-6-17(16(9-14)10-18)20-8-7-15(12-20)13(2)3/h5-6,9,13,15,19H,4,7-8,11-12H2,1-3H3. The van der Waals surface area contributed by atoms with Crippen LogP contribution in [0.3, 0.4) is 0 Å². The van der Waals surface area contributed by atoms with Crippen LogP contribution in [-0.2, 0) is 6.54 Å². The zero-order valence-corrected chi connectivity index (χ0v) is 12.8. The van der Waals surface area contributed by atoms with E-state index >= 15 is 0 Å². The molecule has 2 rings (SSSR count). The van der Waals surface area contributed by atoms with Gasteiger partial charge in [0.1, 0.15) is 6.07 Å². The second-order valence-corrected chi connectivity index (χ2v) is 5.98. The van der Waals surface area contributed by atoms with Gasteiger partial charge >= 0.3 is 0 Å². The van der Waals surface area contributed by atoms with Crippen molar-refractivity contribution in [3.8, 4) is 6.07 Å². The van der Waals surface area contributed by atoms with Gasteiger partial charge in [0.05, 0.1) is 11.3 Å². The maximum Gasteiger partial charge on any atom is 0.101 e. The molecule has 0 aliphatic carbocycles. The number of nitrogens with zero attached hydrogens (tertiary/aromatic N) is 2. The van der Waals surface area contributed by atoms with Crippen LogP contribution in [-0.4, -0.2) is 19.6 Å². The summed E-state index contributed by atoms with van der Waals surface area (Å²) in [4.78, 5) is 2.38. The van der Waals surface area contributed by atoms with E-state index < -0.39 is 0 Å². The molecule has 0 bridgehead atoms. The molecule has 0 amide bonds. The van der Waals surface area contributed by atoms with Gasteiger partial charge in [0.25, 0.3) is 0 Å². The lowest BCUT2D eigenvalue weighted by molar-refractivity contribution is 0.423. The average Bonchev–Trinajstić information content (AvgIpc) is 2.94. The van der Waals surface area contributed by atoms with Gasteiger partial charge in [-0.05, 0) is 42.5 Å². The summed E-state index contributed by atoms with van der Waals surface area (Å²) in [7, 11) is 0. The van der Waals surface area contributed by atoms with Gasteiger partial charge in [-0.1, -0.05) is 26.8 Å². The first-order valence-electron chi connectivity index (χ1n) is 7.64. The van der Waals surface area contributed by atoms with Crippen LogP contribution in [0.4, 0.5) is 5.69 Å². The van der Waals surface area contributed by atoms with Crippen molar-refractivity contribution < 1.29 is 0 Å². The van der Waals surface area contributed by atoms with Crippen molar-refractivity contribution in [1.29, 1.82) is 5.26 Å². The molecule has 1 N–H and O–H groups in total. The minimum absolute atomic E-state index is 0.721. The van der Waals surface area contributed by atoms with Crippen LogP contribution >= 0.6 is 0 Å². The summed E-state index contributed by atoms with van der Waals surface area (Å²) in [5.41, 5.74) is 3.10. The lowest BCUT2D eigenvalue weighted by Gasteiger charge is -2.21. The van der Waals surface area contributed by atoms with Crippen molar-refractivity contribution in [3.05, 3.63) is 29.3 Å². The Morgan fingerprint density at radius 2 is 2.25 bits per heavy atom. The Balaban J connectivity index is 2.14. The fourth-order valence-corrected chi connectivity index (χ4v) is 2.88. The van der Waals surface area contributed by atoms with Crippen LogP contribution in [0.2, 0.25) is 0 Å². The number of benzene rings is 1. The van der Waals surface area contributed by atoms with E-state index in [1.165, 1.54) is 12.0 Å². The molecule has 3 nitrogen and oxygen atoms in total. The van der Waals surface area contributed by atoms with Crippen molar-refractivity contribution in [2.24, 2.45) is 11.8 Å². The van der Waals surface area contributed by atoms with Crippen LogP contribution in [0.1, 0.15) is 38.3 Å². The third-order valence-electron chi connectivity index (χ3n) is 4.27. The fraction of sp³-hybridized carbons (Fsp3) is 0.588. The molecule has 3 heteroatoms. The molecule has 0 radical (unpaired) electrons. The maximum absolute atomic E-state index is 9.41. The number of rotatable bonds is 5. The summed E-state index contributed by atoms with van der Waals surface area (Å²) >= 11 is 0. The first-order valence-corrected chi connectivity index (χ1v) is 7.64. The quantitative estimate of drug-likeness (QED) is 0.894. The highest BCUT2D eigenvalue weighted by atomic mass is 15.2. The van der Waals surface area contributed by atoms with Gasteiger partial charge in [0.2, 0.25) is 0 Å². The van der Waals surface area contributed by atoms with Crippen molar-refractivity contribution in [1.82, 2.24) is 5.32 Å². The summed E-state index contributed by atoms with van der Waals surface area (Å²) in [5.74, 6) is 1.47. The third kappa shape index (κ3) is 3.32. The normalized spacial score (nSPS) is 18.6. The molecule has 20 heavy (non-hydrogen) atoms. The van der Waals surface area contributed by atoms with E-state index in [2.05, 4.69) is 49.2 Å². The number of hydrogen-bond donors (Lipinski definition) is 1. The predicted octanol–water partition coefficient (Wildman–Crippen LogP) is 3.15. The Kier molecular flexibility index (Phi) is 5.03. The van der Waals surface area contributed by atoms with E-state index in [0.29, 0.717) is 0 Å². The molecule has 1 aliphatic heterocycles. The number of nitriles is 1. The van der Waals surface area contributed by atoms with E-state index in [4.69, 9.17) is 0 Å². The molecule has 1 aromatic rings. The maximum atomic E-state index is 9.41. The summed E-state index contributed by atoms with van der Waals surface area (Å²) in [5, 5.41) is 12.7. The molecule has 1 unspecified atom stereocenters. The molecular formula is C17H25N3. The van der Waals surface area contributed by atoms with Crippen LogP contribution in [0.25, 0.3) is 0 Å². The molecular weight excluding hydrogens is 246 g/mol. The van der Waals surface area contributed by atoms with Gasteiger partial charge in [0.15, 0.2) is 0 Å². The highest BCUT2D eigenvalue weighted by Gasteiger charge is 2.26. The summed E-state index contributed by atoms with van der Waals surface area (Å²) in [6.45, 7) is 10.6. The van der Waals surface area contributed by atoms with Gasteiger partial charge in [0, 0.05) is 19.6 Å². The van der Waals surface area contributed by atoms with Gasteiger partial charge < -0.3 is 10.2 Å². The molecule has 1 aromatic carbocycles. The van der Waals surface area contributed by atoms with Crippen LogP contribution in [0, 0.1) is 23.2 Å². The molecule has 1 aliphatic rings. The smallest absolute Gasteiger partial charge is 0.101 e. The molecule has 0 aromatic heterocycles. The van der Waals surface area contributed by atoms with Crippen LogP contribution in [0.15, 0.2) is 18.2 Å². The number of hydrogen-bond acceptors (Lipinski definition) is 3. The lowest BCUT2D eigenvalue weighted by Crippen LogP contribution is -2.22.